The van der Waals surface area contributed by atoms with Gasteiger partial charge in [-0.2, -0.15) is 0 Å². The Kier molecular flexibility index (Phi) is 5.46. The van der Waals surface area contributed by atoms with Gasteiger partial charge in [0.15, 0.2) is 0 Å². The number of hydrogen-bond donors (Lipinski definition) is 2. The highest BCUT2D eigenvalue weighted by Gasteiger charge is 2.21. The predicted molar refractivity (Wildman–Crippen MR) is 79.0 cm³/mol. The van der Waals surface area contributed by atoms with Gasteiger partial charge in [-0.1, -0.05) is 25.8 Å². The van der Waals surface area contributed by atoms with E-state index in [1.807, 2.05) is 0 Å². The molecule has 2 unspecified atom stereocenters. The summed E-state index contributed by atoms with van der Waals surface area (Å²) >= 11 is 0. The molecule has 4 nitrogen and oxygen atoms in total. The molecule has 1 saturated carbocycles. The molecule has 5 heteroatoms. The summed E-state index contributed by atoms with van der Waals surface area (Å²) in [6, 6.07) is 5.20. The van der Waals surface area contributed by atoms with E-state index in [4.69, 9.17) is 9.47 Å². The fourth-order valence-electron chi connectivity index (χ4n) is 2.82. The third-order valence-corrected chi connectivity index (χ3v) is 3.99. The van der Waals surface area contributed by atoms with E-state index in [0.29, 0.717) is 23.7 Å². The molecule has 2 atom stereocenters. The monoisotopic (exact) mass is 278 g/mol. The number of benzene rings is 1. The number of ether oxygens (including phenoxy) is 2. The Bertz CT molecular complexity index is 436. The molecular formula is C15H23BO4. The largest absolute Gasteiger partial charge is 0.497 e. The van der Waals surface area contributed by atoms with Gasteiger partial charge in [-0.25, -0.2) is 0 Å². The molecule has 0 bridgehead atoms. The first kappa shape index (κ1) is 15.4. The van der Waals surface area contributed by atoms with Gasteiger partial charge in [-0.15, -0.1) is 0 Å². The third-order valence-electron chi connectivity index (χ3n) is 3.99. The fourth-order valence-corrected chi connectivity index (χ4v) is 2.82. The van der Waals surface area contributed by atoms with E-state index in [-0.39, 0.29) is 6.10 Å². The zero-order chi connectivity index (χ0) is 14.5. The first-order valence-corrected chi connectivity index (χ1v) is 7.24. The Morgan fingerprint density at radius 3 is 2.75 bits per heavy atom. The molecular weight excluding hydrogens is 255 g/mol. The standard InChI is InChI=1S/C15H23BO4/c1-11-4-3-5-14(8-11)20-10-12-9-13(19-2)6-7-15(12)16(17)18/h6-7,9,11,14,17-18H,3-5,8,10H2,1-2H3. The first-order valence-electron chi connectivity index (χ1n) is 7.24. The molecule has 110 valence electrons. The Morgan fingerprint density at radius 1 is 1.30 bits per heavy atom. The maximum absolute atomic E-state index is 9.41. The van der Waals surface area contributed by atoms with Crippen LogP contribution in [0.1, 0.15) is 38.2 Å². The van der Waals surface area contributed by atoms with Crippen molar-refractivity contribution in [1.29, 1.82) is 0 Å². The van der Waals surface area contributed by atoms with Crippen LogP contribution in [0.2, 0.25) is 0 Å². The Balaban J connectivity index is 2.03. The minimum absolute atomic E-state index is 0.272. The highest BCUT2D eigenvalue weighted by atomic mass is 16.5. The summed E-state index contributed by atoms with van der Waals surface area (Å²) in [6.07, 6.45) is 4.93. The molecule has 0 aromatic heterocycles. The van der Waals surface area contributed by atoms with Crippen LogP contribution in [0, 0.1) is 5.92 Å². The summed E-state index contributed by atoms with van der Waals surface area (Å²) in [5.74, 6) is 1.41. The van der Waals surface area contributed by atoms with E-state index >= 15 is 0 Å². The van der Waals surface area contributed by atoms with E-state index < -0.39 is 7.12 Å². The molecule has 0 heterocycles. The van der Waals surface area contributed by atoms with Crippen molar-refractivity contribution in [3.05, 3.63) is 23.8 Å². The van der Waals surface area contributed by atoms with Crippen molar-refractivity contribution < 1.29 is 19.5 Å². The summed E-state index contributed by atoms with van der Waals surface area (Å²) in [5, 5.41) is 18.8. The molecule has 1 aliphatic carbocycles. The molecule has 1 aromatic carbocycles. The molecule has 2 N–H and O–H groups in total. The highest BCUT2D eigenvalue weighted by Crippen LogP contribution is 2.26. The van der Waals surface area contributed by atoms with Crippen LogP contribution < -0.4 is 10.2 Å². The number of methoxy groups -OCH3 is 1. The van der Waals surface area contributed by atoms with Crippen LogP contribution in [-0.4, -0.2) is 30.4 Å². The van der Waals surface area contributed by atoms with E-state index in [1.54, 1.807) is 25.3 Å². The summed E-state index contributed by atoms with van der Waals surface area (Å²) in [6.45, 7) is 2.64. The molecule has 1 aromatic rings. The SMILES string of the molecule is COc1ccc(B(O)O)c(COC2CCCC(C)C2)c1. The Morgan fingerprint density at radius 2 is 2.10 bits per heavy atom. The minimum atomic E-state index is -1.48. The molecule has 0 radical (unpaired) electrons. The van der Waals surface area contributed by atoms with E-state index in [0.717, 1.165) is 18.4 Å². The highest BCUT2D eigenvalue weighted by molar-refractivity contribution is 6.59. The summed E-state index contributed by atoms with van der Waals surface area (Å²) < 4.78 is 11.1. The smallest absolute Gasteiger partial charge is 0.488 e. The lowest BCUT2D eigenvalue weighted by Gasteiger charge is -2.27. The normalized spacial score (nSPS) is 22.6. The van der Waals surface area contributed by atoms with Crippen LogP contribution in [0.3, 0.4) is 0 Å². The summed E-state index contributed by atoms with van der Waals surface area (Å²) in [4.78, 5) is 0. The van der Waals surface area contributed by atoms with E-state index in [2.05, 4.69) is 6.92 Å². The van der Waals surface area contributed by atoms with Crippen molar-refractivity contribution in [2.75, 3.05) is 7.11 Å². The molecule has 0 spiro atoms. The topological polar surface area (TPSA) is 58.9 Å². The third kappa shape index (κ3) is 3.98. The predicted octanol–water partition coefficient (Wildman–Crippen LogP) is 1.47. The quantitative estimate of drug-likeness (QED) is 0.801. The lowest BCUT2D eigenvalue weighted by atomic mass is 9.77. The molecule has 1 fully saturated rings. The molecule has 20 heavy (non-hydrogen) atoms. The minimum Gasteiger partial charge on any atom is -0.497 e. The molecule has 1 aliphatic rings. The molecule has 2 rings (SSSR count). The van der Waals surface area contributed by atoms with Gasteiger partial charge in [0.25, 0.3) is 0 Å². The van der Waals surface area contributed by atoms with Gasteiger partial charge in [0.1, 0.15) is 5.75 Å². The van der Waals surface area contributed by atoms with Crippen LogP contribution in [0.5, 0.6) is 5.75 Å². The van der Waals surface area contributed by atoms with E-state index in [1.165, 1.54) is 12.8 Å². The van der Waals surface area contributed by atoms with Crippen molar-refractivity contribution in [1.82, 2.24) is 0 Å². The maximum Gasteiger partial charge on any atom is 0.488 e. The lowest BCUT2D eigenvalue weighted by Crippen LogP contribution is -2.34. The summed E-state index contributed by atoms with van der Waals surface area (Å²) in [5.41, 5.74) is 1.26. The molecule has 0 amide bonds. The van der Waals surface area contributed by atoms with Gasteiger partial charge in [0, 0.05) is 0 Å². The van der Waals surface area contributed by atoms with Crippen LogP contribution in [0.4, 0.5) is 0 Å². The van der Waals surface area contributed by atoms with Crippen LogP contribution in [0.25, 0.3) is 0 Å². The van der Waals surface area contributed by atoms with Gasteiger partial charge in [-0.05, 0) is 41.9 Å². The van der Waals surface area contributed by atoms with Gasteiger partial charge in [-0.3, -0.25) is 0 Å². The average Bonchev–Trinajstić information content (AvgIpc) is 2.44. The fraction of sp³-hybridized carbons (Fsp3) is 0.600. The van der Waals surface area contributed by atoms with Gasteiger partial charge in [0.2, 0.25) is 0 Å². The van der Waals surface area contributed by atoms with Crippen molar-refractivity contribution in [2.45, 2.75) is 45.3 Å². The second-order valence-corrected chi connectivity index (χ2v) is 5.64. The molecule has 0 aliphatic heterocycles. The van der Waals surface area contributed by atoms with Crippen molar-refractivity contribution in [3.63, 3.8) is 0 Å². The van der Waals surface area contributed by atoms with Crippen LogP contribution >= 0.6 is 0 Å². The average molecular weight is 278 g/mol. The van der Waals surface area contributed by atoms with Crippen molar-refractivity contribution >= 4 is 12.6 Å². The second-order valence-electron chi connectivity index (χ2n) is 5.64. The first-order chi connectivity index (χ1) is 9.60. The van der Waals surface area contributed by atoms with Gasteiger partial charge >= 0.3 is 7.12 Å². The van der Waals surface area contributed by atoms with E-state index in [9.17, 15) is 10.0 Å². The lowest BCUT2D eigenvalue weighted by molar-refractivity contribution is 0.00487. The number of hydrogen-bond acceptors (Lipinski definition) is 4. The molecule has 0 saturated heterocycles. The van der Waals surface area contributed by atoms with Gasteiger partial charge < -0.3 is 19.5 Å². The Labute approximate surface area is 120 Å². The Hall–Kier alpha value is -1.04. The maximum atomic E-state index is 9.41. The van der Waals surface area contributed by atoms with Gasteiger partial charge in [0.05, 0.1) is 19.8 Å². The zero-order valence-electron chi connectivity index (χ0n) is 12.2. The van der Waals surface area contributed by atoms with Crippen molar-refractivity contribution in [3.8, 4) is 5.75 Å². The van der Waals surface area contributed by atoms with Crippen LogP contribution in [-0.2, 0) is 11.3 Å². The van der Waals surface area contributed by atoms with Crippen LogP contribution in [0.15, 0.2) is 18.2 Å². The number of rotatable bonds is 5. The summed E-state index contributed by atoms with van der Waals surface area (Å²) in [7, 11) is 0.113. The van der Waals surface area contributed by atoms with Crippen molar-refractivity contribution in [2.24, 2.45) is 5.92 Å². The second kappa shape index (κ2) is 7.11. The zero-order valence-corrected chi connectivity index (χ0v) is 12.2.